The summed E-state index contributed by atoms with van der Waals surface area (Å²) in [6.45, 7) is 4.08. The lowest BCUT2D eigenvalue weighted by Crippen LogP contribution is -2.50. The molecule has 0 spiro atoms. The molecule has 0 bridgehead atoms. The highest BCUT2D eigenvalue weighted by molar-refractivity contribution is 5.98. The summed E-state index contributed by atoms with van der Waals surface area (Å²) in [7, 11) is 0. The van der Waals surface area contributed by atoms with Gasteiger partial charge in [0.1, 0.15) is 11.9 Å². The molecule has 8 heteroatoms. The number of nitrogens with zero attached hydrogens (tertiary/aromatic N) is 4. The maximum absolute atomic E-state index is 12.7. The monoisotopic (exact) mass is 398 g/mol. The topological polar surface area (TPSA) is 105 Å². The van der Waals surface area contributed by atoms with E-state index in [1.165, 1.54) is 10.5 Å². The second-order valence-electron chi connectivity index (χ2n) is 7.37. The fourth-order valence-corrected chi connectivity index (χ4v) is 3.53. The predicted octanol–water partition coefficient (Wildman–Crippen LogP) is 2.39. The Morgan fingerprint density at radius 3 is 2.52 bits per heavy atom. The Hall–Kier alpha value is -3.03. The van der Waals surface area contributed by atoms with Crippen LogP contribution in [0.15, 0.2) is 24.3 Å². The zero-order valence-electron chi connectivity index (χ0n) is 16.8. The summed E-state index contributed by atoms with van der Waals surface area (Å²) in [6.07, 6.45) is 3.22. The molecule has 0 aliphatic carbocycles. The van der Waals surface area contributed by atoms with Gasteiger partial charge in [-0.15, -0.1) is 10.2 Å². The van der Waals surface area contributed by atoms with E-state index in [0.29, 0.717) is 17.2 Å². The SMILES string of the molecule is CCCCc1ccc(C(=O)CCC(=O)N2Cc3nnc(C)n3CC2C(=O)O)cc1. The van der Waals surface area contributed by atoms with Crippen LogP contribution in [0.2, 0.25) is 0 Å². The van der Waals surface area contributed by atoms with Gasteiger partial charge in [0.2, 0.25) is 5.91 Å². The van der Waals surface area contributed by atoms with Crippen LogP contribution in [-0.4, -0.2) is 48.5 Å². The zero-order chi connectivity index (χ0) is 21.0. The van der Waals surface area contributed by atoms with Gasteiger partial charge >= 0.3 is 5.97 Å². The Kier molecular flexibility index (Phi) is 6.41. The first-order valence-corrected chi connectivity index (χ1v) is 9.93. The number of ketones is 1. The number of fused-ring (bicyclic) bond motifs is 1. The van der Waals surface area contributed by atoms with Crippen LogP contribution in [0.4, 0.5) is 0 Å². The summed E-state index contributed by atoms with van der Waals surface area (Å²) in [5.74, 6) is -0.384. The second kappa shape index (κ2) is 8.98. The molecular weight excluding hydrogens is 372 g/mol. The van der Waals surface area contributed by atoms with E-state index >= 15 is 0 Å². The van der Waals surface area contributed by atoms with E-state index in [9.17, 15) is 19.5 Å². The number of hydrogen-bond acceptors (Lipinski definition) is 5. The molecule has 1 N–H and O–H groups in total. The summed E-state index contributed by atoms with van der Waals surface area (Å²) in [6, 6.07) is 6.50. The normalized spacial score (nSPS) is 15.8. The molecule has 2 heterocycles. The van der Waals surface area contributed by atoms with Crippen molar-refractivity contribution >= 4 is 17.7 Å². The number of hydrogen-bond donors (Lipinski definition) is 1. The van der Waals surface area contributed by atoms with E-state index in [2.05, 4.69) is 17.1 Å². The molecule has 154 valence electrons. The number of benzene rings is 1. The third-order valence-electron chi connectivity index (χ3n) is 5.32. The van der Waals surface area contributed by atoms with Crippen molar-refractivity contribution in [1.82, 2.24) is 19.7 Å². The van der Waals surface area contributed by atoms with Gasteiger partial charge in [-0.2, -0.15) is 0 Å². The third-order valence-corrected chi connectivity index (χ3v) is 5.32. The average molecular weight is 398 g/mol. The van der Waals surface area contributed by atoms with Gasteiger partial charge in [-0.3, -0.25) is 9.59 Å². The number of carboxylic acid groups (broad SMARTS) is 1. The largest absolute Gasteiger partial charge is 0.480 e. The van der Waals surface area contributed by atoms with Crippen LogP contribution in [-0.2, 0) is 29.1 Å². The van der Waals surface area contributed by atoms with Gasteiger partial charge in [0.25, 0.3) is 0 Å². The van der Waals surface area contributed by atoms with Crippen LogP contribution in [0, 0.1) is 6.92 Å². The van der Waals surface area contributed by atoms with E-state index in [1.54, 1.807) is 23.6 Å². The van der Waals surface area contributed by atoms with Crippen LogP contribution in [0.5, 0.6) is 0 Å². The standard InChI is InChI=1S/C21H26N4O4/c1-3-4-5-15-6-8-16(9-7-15)18(26)10-11-20(27)25-13-19-23-22-14(2)24(19)12-17(25)21(28)29/h6-9,17H,3-5,10-13H2,1-2H3,(H,28,29). The molecule has 0 fully saturated rings. The van der Waals surface area contributed by atoms with E-state index < -0.39 is 12.0 Å². The van der Waals surface area contributed by atoms with Crippen LogP contribution in [0.25, 0.3) is 0 Å². The smallest absolute Gasteiger partial charge is 0.328 e. The molecule has 1 aliphatic rings. The highest BCUT2D eigenvalue weighted by atomic mass is 16.4. The summed E-state index contributed by atoms with van der Waals surface area (Å²) >= 11 is 0. The number of aryl methyl sites for hydroxylation is 2. The zero-order valence-corrected chi connectivity index (χ0v) is 16.8. The van der Waals surface area contributed by atoms with Crippen LogP contribution >= 0.6 is 0 Å². The van der Waals surface area contributed by atoms with Crippen molar-refractivity contribution in [3.05, 3.63) is 47.0 Å². The quantitative estimate of drug-likeness (QED) is 0.685. The number of rotatable bonds is 8. The highest BCUT2D eigenvalue weighted by Gasteiger charge is 2.36. The first kappa shape index (κ1) is 20.7. The van der Waals surface area contributed by atoms with Crippen molar-refractivity contribution in [3.8, 4) is 0 Å². The molecular formula is C21H26N4O4. The first-order chi connectivity index (χ1) is 13.9. The minimum Gasteiger partial charge on any atom is -0.480 e. The highest BCUT2D eigenvalue weighted by Crippen LogP contribution is 2.20. The number of aromatic nitrogens is 3. The summed E-state index contributed by atoms with van der Waals surface area (Å²) < 4.78 is 1.72. The number of carboxylic acids is 1. The van der Waals surface area contributed by atoms with Gasteiger partial charge in [-0.25, -0.2) is 4.79 Å². The molecule has 2 aromatic rings. The third kappa shape index (κ3) is 4.70. The van der Waals surface area contributed by atoms with Gasteiger partial charge < -0.3 is 14.6 Å². The average Bonchev–Trinajstić information content (AvgIpc) is 3.09. The Morgan fingerprint density at radius 1 is 1.14 bits per heavy atom. The molecule has 1 atom stereocenters. The second-order valence-corrected chi connectivity index (χ2v) is 7.37. The van der Waals surface area contributed by atoms with Gasteiger partial charge in [0, 0.05) is 18.4 Å². The minimum absolute atomic E-state index is 0.0344. The fourth-order valence-electron chi connectivity index (χ4n) is 3.53. The van der Waals surface area contributed by atoms with Crippen molar-refractivity contribution in [3.63, 3.8) is 0 Å². The molecule has 1 aromatic heterocycles. The van der Waals surface area contributed by atoms with Crippen molar-refractivity contribution in [2.75, 3.05) is 0 Å². The van der Waals surface area contributed by atoms with Gasteiger partial charge in [0.05, 0.1) is 13.1 Å². The molecule has 0 radical (unpaired) electrons. The molecule has 8 nitrogen and oxygen atoms in total. The van der Waals surface area contributed by atoms with Crippen molar-refractivity contribution in [2.45, 2.75) is 65.1 Å². The summed E-state index contributed by atoms with van der Waals surface area (Å²) in [4.78, 5) is 38.1. The first-order valence-electron chi connectivity index (χ1n) is 9.93. The lowest BCUT2D eigenvalue weighted by atomic mass is 10.0. The van der Waals surface area contributed by atoms with E-state index in [1.807, 2.05) is 12.1 Å². The maximum atomic E-state index is 12.7. The Morgan fingerprint density at radius 2 is 1.86 bits per heavy atom. The number of aliphatic carboxylic acids is 1. The molecule has 0 saturated heterocycles. The van der Waals surface area contributed by atoms with Crippen molar-refractivity contribution < 1.29 is 19.5 Å². The van der Waals surface area contributed by atoms with Crippen molar-refractivity contribution in [2.24, 2.45) is 0 Å². The molecule has 1 aromatic carbocycles. The number of Topliss-reactive ketones (excluding diaryl/α,β-unsaturated/α-hetero) is 1. The lowest BCUT2D eigenvalue weighted by molar-refractivity contribution is -0.152. The summed E-state index contributed by atoms with van der Waals surface area (Å²) in [5.41, 5.74) is 1.76. The van der Waals surface area contributed by atoms with E-state index in [0.717, 1.165) is 19.3 Å². The van der Waals surface area contributed by atoms with Gasteiger partial charge in [0.15, 0.2) is 11.6 Å². The summed E-state index contributed by atoms with van der Waals surface area (Å²) in [5, 5.41) is 17.5. The number of carbonyl (C=O) groups excluding carboxylic acids is 2. The molecule has 0 saturated carbocycles. The number of carbonyl (C=O) groups is 3. The van der Waals surface area contributed by atoms with E-state index in [4.69, 9.17) is 0 Å². The van der Waals surface area contributed by atoms with Crippen LogP contribution < -0.4 is 0 Å². The van der Waals surface area contributed by atoms with Crippen LogP contribution in [0.3, 0.4) is 0 Å². The molecule has 3 rings (SSSR count). The predicted molar refractivity (Wildman–Crippen MR) is 105 cm³/mol. The molecule has 1 unspecified atom stereocenters. The molecule has 1 amide bonds. The Bertz CT molecular complexity index is 904. The Labute approximate surface area is 169 Å². The molecule has 1 aliphatic heterocycles. The number of unbranched alkanes of at least 4 members (excludes halogenated alkanes) is 1. The van der Waals surface area contributed by atoms with Gasteiger partial charge in [-0.05, 0) is 25.3 Å². The van der Waals surface area contributed by atoms with E-state index in [-0.39, 0.29) is 37.6 Å². The van der Waals surface area contributed by atoms with Gasteiger partial charge in [-0.1, -0.05) is 37.6 Å². The minimum atomic E-state index is -1.08. The van der Waals surface area contributed by atoms with Crippen LogP contribution in [0.1, 0.15) is 60.2 Å². The number of amides is 1. The Balaban J connectivity index is 1.62. The lowest BCUT2D eigenvalue weighted by Gasteiger charge is -2.33. The fraction of sp³-hybridized carbons (Fsp3) is 0.476. The molecule has 29 heavy (non-hydrogen) atoms. The van der Waals surface area contributed by atoms with Crippen molar-refractivity contribution in [1.29, 1.82) is 0 Å². The maximum Gasteiger partial charge on any atom is 0.328 e.